The molecule has 0 aliphatic carbocycles. The van der Waals surface area contributed by atoms with Gasteiger partial charge < -0.3 is 9.88 Å². The van der Waals surface area contributed by atoms with E-state index in [1.807, 2.05) is 30.5 Å². The number of benzene rings is 1. The molecule has 1 N–H and O–H groups in total. The fourth-order valence-corrected chi connectivity index (χ4v) is 2.17. The van der Waals surface area contributed by atoms with Gasteiger partial charge in [0.2, 0.25) is 0 Å². The van der Waals surface area contributed by atoms with Crippen molar-refractivity contribution < 1.29 is 0 Å². The fraction of sp³-hybridized carbons (Fsp3) is 0.438. The lowest BCUT2D eigenvalue weighted by Gasteiger charge is -2.20. The average Bonchev–Trinajstić information content (AvgIpc) is 2.36. The predicted molar refractivity (Wildman–Crippen MR) is 80.6 cm³/mol. The van der Waals surface area contributed by atoms with Gasteiger partial charge in [-0.2, -0.15) is 0 Å². The summed E-state index contributed by atoms with van der Waals surface area (Å²) >= 11 is 0. The molecule has 1 aromatic heterocycles. The summed E-state index contributed by atoms with van der Waals surface area (Å²) in [4.78, 5) is 11.8. The summed E-state index contributed by atoms with van der Waals surface area (Å²) in [5.74, 6) is 0. The maximum Gasteiger partial charge on any atom is 0.189 e. The molecule has 0 bridgehead atoms. The van der Waals surface area contributed by atoms with Crippen LogP contribution in [0, 0.1) is 0 Å². The number of pyridine rings is 1. The normalized spacial score (nSPS) is 11.9. The highest BCUT2D eigenvalue weighted by Gasteiger charge is 2.07. The van der Waals surface area contributed by atoms with Crippen LogP contribution in [0.25, 0.3) is 10.9 Å². The van der Waals surface area contributed by atoms with Crippen LogP contribution >= 0.6 is 0 Å². The Labute approximate surface area is 114 Å². The van der Waals surface area contributed by atoms with Crippen molar-refractivity contribution in [3.8, 4) is 0 Å². The number of aryl methyl sites for hydroxylation is 1. The smallest absolute Gasteiger partial charge is 0.189 e. The van der Waals surface area contributed by atoms with Crippen LogP contribution in [0.2, 0.25) is 0 Å². The van der Waals surface area contributed by atoms with Crippen LogP contribution in [0.4, 0.5) is 0 Å². The minimum Gasteiger partial charge on any atom is -0.347 e. The number of para-hydroxylation sites is 1. The number of rotatable bonds is 4. The third kappa shape index (κ3) is 3.67. The molecule has 0 radical (unpaired) electrons. The molecule has 0 aliphatic rings. The Morgan fingerprint density at radius 1 is 1.16 bits per heavy atom. The predicted octanol–water partition coefficient (Wildman–Crippen LogP) is 2.78. The van der Waals surface area contributed by atoms with Crippen LogP contribution in [0.5, 0.6) is 0 Å². The largest absolute Gasteiger partial charge is 0.347 e. The summed E-state index contributed by atoms with van der Waals surface area (Å²) in [6.45, 7) is 8.40. The summed E-state index contributed by atoms with van der Waals surface area (Å²) in [7, 11) is 0. The van der Waals surface area contributed by atoms with Gasteiger partial charge in [-0.3, -0.25) is 4.79 Å². The van der Waals surface area contributed by atoms with Crippen LogP contribution < -0.4 is 10.7 Å². The minimum absolute atomic E-state index is 0.0969. The second-order valence-corrected chi connectivity index (χ2v) is 5.92. The number of nitrogens with one attached hydrogen (secondary N) is 1. The lowest BCUT2D eigenvalue weighted by atomic mass is 10.1. The topological polar surface area (TPSA) is 34.0 Å². The zero-order valence-corrected chi connectivity index (χ0v) is 11.9. The number of aromatic nitrogens is 1. The zero-order valence-electron chi connectivity index (χ0n) is 11.9. The van der Waals surface area contributed by atoms with E-state index in [2.05, 4.69) is 30.7 Å². The van der Waals surface area contributed by atoms with Gasteiger partial charge in [0.05, 0.1) is 5.52 Å². The summed E-state index contributed by atoms with van der Waals surface area (Å²) < 4.78 is 2.15. The molecule has 0 aliphatic heterocycles. The van der Waals surface area contributed by atoms with Crippen LogP contribution in [-0.4, -0.2) is 16.7 Å². The van der Waals surface area contributed by atoms with Crippen molar-refractivity contribution in [1.82, 2.24) is 9.88 Å². The van der Waals surface area contributed by atoms with E-state index in [0.717, 1.165) is 30.4 Å². The van der Waals surface area contributed by atoms with Gasteiger partial charge in [-0.05, 0) is 45.9 Å². The molecule has 0 saturated carbocycles. The second kappa shape index (κ2) is 5.57. The summed E-state index contributed by atoms with van der Waals surface area (Å²) in [5, 5.41) is 4.28. The van der Waals surface area contributed by atoms with Gasteiger partial charge in [0, 0.05) is 29.7 Å². The molecule has 0 spiro atoms. The van der Waals surface area contributed by atoms with E-state index < -0.39 is 0 Å². The van der Waals surface area contributed by atoms with Crippen molar-refractivity contribution in [2.45, 2.75) is 39.3 Å². The van der Waals surface area contributed by atoms with E-state index >= 15 is 0 Å². The maximum absolute atomic E-state index is 11.8. The Morgan fingerprint density at radius 3 is 2.63 bits per heavy atom. The van der Waals surface area contributed by atoms with Crippen LogP contribution in [0.3, 0.4) is 0 Å². The lowest BCUT2D eigenvalue weighted by molar-refractivity contribution is 0.414. The summed E-state index contributed by atoms with van der Waals surface area (Å²) in [6, 6.07) is 9.44. The third-order valence-electron chi connectivity index (χ3n) is 3.12. The first kappa shape index (κ1) is 13.8. The average molecular weight is 258 g/mol. The molecule has 0 atom stereocenters. The van der Waals surface area contributed by atoms with Gasteiger partial charge in [0.15, 0.2) is 5.43 Å². The molecule has 1 heterocycles. The molecular weight excluding hydrogens is 236 g/mol. The van der Waals surface area contributed by atoms with Crippen molar-refractivity contribution >= 4 is 10.9 Å². The molecule has 2 rings (SSSR count). The van der Waals surface area contributed by atoms with Crippen LogP contribution in [0.15, 0.2) is 41.3 Å². The molecule has 0 fully saturated rings. The van der Waals surface area contributed by atoms with Gasteiger partial charge in [-0.1, -0.05) is 12.1 Å². The number of hydrogen-bond donors (Lipinski definition) is 1. The molecule has 0 saturated heterocycles. The Morgan fingerprint density at radius 2 is 1.89 bits per heavy atom. The van der Waals surface area contributed by atoms with Crippen molar-refractivity contribution in [2.24, 2.45) is 0 Å². The SMILES string of the molecule is CC(C)(C)NCCCn1ccc(=O)c2ccccc21. The van der Waals surface area contributed by atoms with Crippen molar-refractivity contribution in [3.63, 3.8) is 0 Å². The Hall–Kier alpha value is -1.61. The van der Waals surface area contributed by atoms with Gasteiger partial charge in [-0.25, -0.2) is 0 Å². The van der Waals surface area contributed by atoms with E-state index in [0.29, 0.717) is 0 Å². The van der Waals surface area contributed by atoms with E-state index in [4.69, 9.17) is 0 Å². The quantitative estimate of drug-likeness (QED) is 0.856. The Kier molecular flexibility index (Phi) is 4.05. The second-order valence-electron chi connectivity index (χ2n) is 5.92. The maximum atomic E-state index is 11.8. The van der Waals surface area contributed by atoms with Crippen molar-refractivity contribution in [2.75, 3.05) is 6.54 Å². The van der Waals surface area contributed by atoms with E-state index in [1.54, 1.807) is 6.07 Å². The van der Waals surface area contributed by atoms with Gasteiger partial charge in [0.25, 0.3) is 0 Å². The molecule has 3 nitrogen and oxygen atoms in total. The molecule has 3 heteroatoms. The van der Waals surface area contributed by atoms with Gasteiger partial charge >= 0.3 is 0 Å². The molecule has 19 heavy (non-hydrogen) atoms. The summed E-state index contributed by atoms with van der Waals surface area (Å²) in [5.41, 5.74) is 1.27. The summed E-state index contributed by atoms with van der Waals surface area (Å²) in [6.07, 6.45) is 2.94. The first-order chi connectivity index (χ1) is 8.97. The zero-order chi connectivity index (χ0) is 13.9. The highest BCUT2D eigenvalue weighted by Crippen LogP contribution is 2.10. The van der Waals surface area contributed by atoms with Crippen molar-refractivity contribution in [1.29, 1.82) is 0 Å². The molecule has 0 unspecified atom stereocenters. The lowest BCUT2D eigenvalue weighted by Crippen LogP contribution is -2.36. The van der Waals surface area contributed by atoms with E-state index in [-0.39, 0.29) is 11.0 Å². The standard InChI is InChI=1S/C16H22N2O/c1-16(2,3)17-10-6-11-18-12-9-15(19)13-7-4-5-8-14(13)18/h4-5,7-9,12,17H,6,10-11H2,1-3H3. The van der Waals surface area contributed by atoms with Crippen LogP contribution in [-0.2, 0) is 6.54 Å². The molecule has 1 aromatic carbocycles. The van der Waals surface area contributed by atoms with Crippen LogP contribution in [0.1, 0.15) is 27.2 Å². The fourth-order valence-electron chi connectivity index (χ4n) is 2.17. The number of hydrogen-bond acceptors (Lipinski definition) is 2. The Balaban J connectivity index is 2.09. The first-order valence-electron chi connectivity index (χ1n) is 6.81. The molecular formula is C16H22N2O. The highest BCUT2D eigenvalue weighted by molar-refractivity contribution is 5.78. The highest BCUT2D eigenvalue weighted by atomic mass is 16.1. The van der Waals surface area contributed by atoms with Gasteiger partial charge in [-0.15, -0.1) is 0 Å². The first-order valence-corrected chi connectivity index (χ1v) is 6.81. The monoisotopic (exact) mass is 258 g/mol. The van der Waals surface area contributed by atoms with Crippen molar-refractivity contribution in [3.05, 3.63) is 46.8 Å². The van der Waals surface area contributed by atoms with Gasteiger partial charge in [0.1, 0.15) is 0 Å². The number of fused-ring (bicyclic) bond motifs is 1. The van der Waals surface area contributed by atoms with E-state index in [9.17, 15) is 4.79 Å². The number of nitrogens with zero attached hydrogens (tertiary/aromatic N) is 1. The molecule has 102 valence electrons. The third-order valence-corrected chi connectivity index (χ3v) is 3.12. The Bertz CT molecular complexity index is 608. The van der Waals surface area contributed by atoms with E-state index in [1.165, 1.54) is 0 Å². The minimum atomic E-state index is 0.0969. The molecule has 0 amide bonds. The molecule has 2 aromatic rings.